The van der Waals surface area contributed by atoms with E-state index in [2.05, 4.69) is 45.6 Å². The zero-order valence-electron chi connectivity index (χ0n) is 14.3. The predicted molar refractivity (Wildman–Crippen MR) is 110 cm³/mol. The summed E-state index contributed by atoms with van der Waals surface area (Å²) in [5.41, 5.74) is 6.13. The van der Waals surface area contributed by atoms with E-state index < -0.39 is 0 Å². The van der Waals surface area contributed by atoms with E-state index >= 15 is 0 Å². The number of thiazole rings is 1. The fourth-order valence-electron chi connectivity index (χ4n) is 2.45. The van der Waals surface area contributed by atoms with E-state index in [0.29, 0.717) is 12.0 Å². The third-order valence-electron chi connectivity index (χ3n) is 4.36. The van der Waals surface area contributed by atoms with Crippen LogP contribution in [0.5, 0.6) is 0 Å². The minimum atomic E-state index is 0. The van der Waals surface area contributed by atoms with Gasteiger partial charge in [-0.25, -0.2) is 4.98 Å². The van der Waals surface area contributed by atoms with Crippen molar-refractivity contribution in [2.75, 3.05) is 51.2 Å². The molecule has 0 saturated carbocycles. The van der Waals surface area contributed by atoms with E-state index in [1.807, 2.05) is 11.6 Å². The zero-order chi connectivity index (χ0) is 15.9. The zero-order valence-corrected chi connectivity index (χ0v) is 17.5. The summed E-state index contributed by atoms with van der Waals surface area (Å²) < 4.78 is 0. The number of hydrogen-bond donors (Lipinski definition) is 1. The van der Waals surface area contributed by atoms with Gasteiger partial charge in [0.2, 0.25) is 0 Å². The Balaban J connectivity index is 0.00000264. The maximum atomic E-state index is 6.13. The van der Waals surface area contributed by atoms with E-state index in [9.17, 15) is 0 Å². The lowest BCUT2D eigenvalue weighted by Crippen LogP contribution is -2.51. The van der Waals surface area contributed by atoms with Crippen molar-refractivity contribution in [3.05, 3.63) is 11.6 Å². The van der Waals surface area contributed by atoms with E-state index in [-0.39, 0.29) is 24.0 Å². The summed E-state index contributed by atoms with van der Waals surface area (Å²) in [6, 6.07) is 0.596. The highest BCUT2D eigenvalue weighted by Crippen LogP contribution is 2.18. The summed E-state index contributed by atoms with van der Waals surface area (Å²) in [4.78, 5) is 15.7. The van der Waals surface area contributed by atoms with Crippen LogP contribution in [0.2, 0.25) is 0 Å². The molecule has 1 saturated heterocycles. The van der Waals surface area contributed by atoms with Gasteiger partial charge in [0.05, 0.1) is 6.54 Å². The lowest BCUT2D eigenvalue weighted by molar-refractivity contribution is 0.258. The number of hydrogen-bond acceptors (Lipinski definition) is 5. The summed E-state index contributed by atoms with van der Waals surface area (Å²) in [5, 5.41) is 3.12. The predicted octanol–water partition coefficient (Wildman–Crippen LogP) is 1.93. The summed E-state index contributed by atoms with van der Waals surface area (Å²) in [6.45, 7) is 9.90. The Morgan fingerprint density at radius 2 is 2.13 bits per heavy atom. The van der Waals surface area contributed by atoms with Crippen LogP contribution in [0.15, 0.2) is 16.6 Å². The molecule has 0 bridgehead atoms. The van der Waals surface area contributed by atoms with Crippen molar-refractivity contribution in [2.45, 2.75) is 26.3 Å². The van der Waals surface area contributed by atoms with Crippen molar-refractivity contribution in [1.29, 1.82) is 0 Å². The summed E-state index contributed by atoms with van der Waals surface area (Å²) in [7, 11) is 2.15. The maximum Gasteiger partial charge on any atom is 0.191 e. The molecule has 1 aliphatic heterocycles. The molecule has 1 aromatic rings. The monoisotopic (exact) mass is 452 g/mol. The normalized spacial score (nSPS) is 17.3. The minimum absolute atomic E-state index is 0. The van der Waals surface area contributed by atoms with Gasteiger partial charge in [-0.15, -0.1) is 35.3 Å². The van der Waals surface area contributed by atoms with Crippen molar-refractivity contribution in [2.24, 2.45) is 10.7 Å². The Bertz CT molecular complexity index is 459. The Morgan fingerprint density at radius 1 is 1.43 bits per heavy atom. The number of aliphatic imine (C=N–C) groups is 1. The molecule has 0 amide bonds. The Kier molecular flexibility index (Phi) is 9.15. The average molecular weight is 452 g/mol. The van der Waals surface area contributed by atoms with Crippen molar-refractivity contribution < 1.29 is 0 Å². The van der Waals surface area contributed by atoms with Crippen molar-refractivity contribution in [3.8, 4) is 0 Å². The van der Waals surface area contributed by atoms with Crippen LogP contribution in [0, 0.1) is 0 Å². The van der Waals surface area contributed by atoms with Crippen molar-refractivity contribution in [1.82, 2.24) is 14.8 Å². The van der Waals surface area contributed by atoms with E-state index in [1.54, 1.807) is 11.3 Å². The van der Waals surface area contributed by atoms with Crippen LogP contribution >= 0.6 is 35.3 Å². The standard InChI is InChI=1S/C15H28N6S.HI/c1-4-13(2)19(3)7-5-17-14(16)20-8-10-21(11-9-20)15-18-6-12-22-15;/h6,12-13H,4-5,7-11H2,1-3H3,(H2,16,17);1H. The molecule has 0 spiro atoms. The summed E-state index contributed by atoms with van der Waals surface area (Å²) in [6.07, 6.45) is 3.02. The SMILES string of the molecule is CCC(C)N(C)CCN=C(N)N1CCN(c2nccs2)CC1.I. The number of aromatic nitrogens is 1. The molecule has 0 aromatic carbocycles. The molecule has 1 unspecified atom stereocenters. The van der Waals surface area contributed by atoms with Crippen LogP contribution in [0.1, 0.15) is 20.3 Å². The van der Waals surface area contributed by atoms with Crippen LogP contribution in [0.4, 0.5) is 5.13 Å². The molecular weight excluding hydrogens is 423 g/mol. The third kappa shape index (κ3) is 6.07. The molecule has 132 valence electrons. The Labute approximate surface area is 160 Å². The van der Waals surface area contributed by atoms with Crippen LogP contribution in [-0.4, -0.2) is 73.1 Å². The topological polar surface area (TPSA) is 61.0 Å². The number of halogens is 1. The van der Waals surface area contributed by atoms with Crippen molar-refractivity contribution in [3.63, 3.8) is 0 Å². The molecule has 2 rings (SSSR count). The number of nitrogens with two attached hydrogens (primary N) is 1. The van der Waals surface area contributed by atoms with Crippen LogP contribution < -0.4 is 10.6 Å². The molecular formula is C15H29IN6S. The van der Waals surface area contributed by atoms with Gasteiger partial charge in [0, 0.05) is 50.3 Å². The van der Waals surface area contributed by atoms with Gasteiger partial charge >= 0.3 is 0 Å². The third-order valence-corrected chi connectivity index (χ3v) is 5.20. The van der Waals surface area contributed by atoms with Crippen molar-refractivity contribution >= 4 is 46.4 Å². The van der Waals surface area contributed by atoms with Gasteiger partial charge in [-0.05, 0) is 20.4 Å². The highest BCUT2D eigenvalue weighted by Gasteiger charge is 2.19. The number of anilines is 1. The lowest BCUT2D eigenvalue weighted by atomic mass is 10.2. The Morgan fingerprint density at radius 3 is 2.70 bits per heavy atom. The molecule has 6 nitrogen and oxygen atoms in total. The fourth-order valence-corrected chi connectivity index (χ4v) is 3.15. The largest absolute Gasteiger partial charge is 0.370 e. The van der Waals surface area contributed by atoms with Gasteiger partial charge in [-0.3, -0.25) is 4.99 Å². The first kappa shape index (κ1) is 20.4. The molecule has 2 N–H and O–H groups in total. The number of piperazine rings is 1. The number of rotatable bonds is 6. The highest BCUT2D eigenvalue weighted by molar-refractivity contribution is 14.0. The first-order valence-corrected chi connectivity index (χ1v) is 8.89. The lowest BCUT2D eigenvalue weighted by Gasteiger charge is -2.35. The van der Waals surface area contributed by atoms with E-state index in [1.165, 1.54) is 0 Å². The molecule has 0 aliphatic carbocycles. The van der Waals surface area contributed by atoms with Crippen LogP contribution in [-0.2, 0) is 0 Å². The number of guanidine groups is 1. The molecule has 1 aliphatic rings. The second kappa shape index (κ2) is 10.3. The van der Waals surface area contributed by atoms with Gasteiger partial charge in [0.25, 0.3) is 0 Å². The van der Waals surface area contributed by atoms with Gasteiger partial charge in [-0.2, -0.15) is 0 Å². The molecule has 1 atom stereocenters. The van der Waals surface area contributed by atoms with E-state index in [0.717, 1.165) is 50.8 Å². The summed E-state index contributed by atoms with van der Waals surface area (Å²) >= 11 is 1.69. The molecule has 0 radical (unpaired) electrons. The van der Waals surface area contributed by atoms with Gasteiger partial charge in [-0.1, -0.05) is 6.92 Å². The average Bonchev–Trinajstić information content (AvgIpc) is 3.08. The second-order valence-electron chi connectivity index (χ2n) is 5.77. The smallest absolute Gasteiger partial charge is 0.191 e. The quantitative estimate of drug-likeness (QED) is 0.406. The molecule has 1 fully saturated rings. The maximum absolute atomic E-state index is 6.13. The van der Waals surface area contributed by atoms with Gasteiger partial charge in [0.15, 0.2) is 11.1 Å². The first-order chi connectivity index (χ1) is 10.6. The van der Waals surface area contributed by atoms with E-state index in [4.69, 9.17) is 5.73 Å². The Hall–Kier alpha value is -0.610. The summed E-state index contributed by atoms with van der Waals surface area (Å²) in [5.74, 6) is 0.677. The number of likely N-dealkylation sites (N-methyl/N-ethyl adjacent to an activating group) is 1. The molecule has 8 heteroatoms. The van der Waals surface area contributed by atoms with Crippen LogP contribution in [0.3, 0.4) is 0 Å². The molecule has 2 heterocycles. The van der Waals surface area contributed by atoms with Crippen LogP contribution in [0.25, 0.3) is 0 Å². The first-order valence-electron chi connectivity index (χ1n) is 8.01. The van der Waals surface area contributed by atoms with Gasteiger partial charge in [0.1, 0.15) is 0 Å². The van der Waals surface area contributed by atoms with Gasteiger partial charge < -0.3 is 20.4 Å². The molecule has 23 heavy (non-hydrogen) atoms. The molecule has 1 aromatic heterocycles. The highest BCUT2D eigenvalue weighted by atomic mass is 127. The second-order valence-corrected chi connectivity index (χ2v) is 6.64. The fraction of sp³-hybridized carbons (Fsp3) is 0.733. The number of nitrogens with zero attached hydrogens (tertiary/aromatic N) is 5. The minimum Gasteiger partial charge on any atom is -0.370 e.